The third-order valence-corrected chi connectivity index (χ3v) is 11.6. The van der Waals surface area contributed by atoms with Crippen LogP contribution in [-0.4, -0.2) is 0 Å². The Morgan fingerprint density at radius 1 is 0.583 bits per heavy atom. The van der Waals surface area contributed by atoms with Crippen molar-refractivity contribution in [3.05, 3.63) is 241 Å². The number of hydrogen-bond acceptors (Lipinski definition) is 2. The van der Waals surface area contributed by atoms with E-state index in [0.717, 1.165) is 34.9 Å². The summed E-state index contributed by atoms with van der Waals surface area (Å²) in [6, 6.07) is 61.7. The highest BCUT2D eigenvalue weighted by atomic mass is 15.2. The molecule has 60 heavy (non-hydrogen) atoms. The van der Waals surface area contributed by atoms with E-state index >= 15 is 0 Å². The maximum atomic E-state index is 4.63. The fraction of sp³-hybridized carbons (Fsp3) is 0.0690. The fourth-order valence-electron chi connectivity index (χ4n) is 8.62. The van der Waals surface area contributed by atoms with Crippen molar-refractivity contribution in [2.75, 3.05) is 9.80 Å². The molecule has 0 atom stereocenters. The third kappa shape index (κ3) is 7.40. The standard InChI is InChI=1S/C58H48N2/c1-5-17-43(6-2)56-40-50-21-10-7-9-18-42(4)59(58(50)55-25-16-15-24-54(55)56)57-37-32-48(38-41(57)3)45-28-33-52(34-29-45)60(51-22-11-8-12-23-51)53-35-30-46(31-36-53)49-27-26-44-19-13-14-20-47(44)39-49/h5-20,22-40H,4,21H2,1-3H3/b10-7-,17-5-,18-9-,43-6+. The lowest BCUT2D eigenvalue weighted by atomic mass is 9.91. The second-order valence-electron chi connectivity index (χ2n) is 15.4. The van der Waals surface area contributed by atoms with E-state index in [9.17, 15) is 0 Å². The molecule has 0 N–H and O–H groups in total. The normalized spacial score (nSPS) is 14.2. The molecule has 8 aromatic rings. The zero-order chi connectivity index (χ0) is 41.0. The molecule has 0 fully saturated rings. The molecule has 0 radical (unpaired) electrons. The van der Waals surface area contributed by atoms with E-state index in [4.69, 9.17) is 0 Å². The van der Waals surface area contributed by atoms with E-state index in [-0.39, 0.29) is 0 Å². The van der Waals surface area contributed by atoms with Gasteiger partial charge in [0, 0.05) is 33.8 Å². The second-order valence-corrected chi connectivity index (χ2v) is 15.4. The first-order valence-corrected chi connectivity index (χ1v) is 20.8. The van der Waals surface area contributed by atoms with Gasteiger partial charge in [-0.25, -0.2) is 0 Å². The average molecular weight is 773 g/mol. The molecule has 1 heterocycles. The lowest BCUT2D eigenvalue weighted by Crippen LogP contribution is -2.18. The number of rotatable bonds is 8. The summed E-state index contributed by atoms with van der Waals surface area (Å²) in [4.78, 5) is 4.69. The highest BCUT2D eigenvalue weighted by Crippen LogP contribution is 2.44. The molecule has 2 nitrogen and oxygen atoms in total. The third-order valence-electron chi connectivity index (χ3n) is 11.6. The van der Waals surface area contributed by atoms with Crippen LogP contribution >= 0.6 is 0 Å². The predicted molar refractivity (Wildman–Crippen MR) is 260 cm³/mol. The minimum atomic E-state index is 0.812. The number of allylic oxidation sites excluding steroid dienone is 8. The SMILES string of the molecule is C=C1/C=C\C=C/Cc2cc(C(/C=C\C)=C/C)c3ccccc3c2N1c1ccc(-c2ccc(N(c3ccccc3)c3ccc(-c4ccc5ccccc5c4)cc3)cc2)cc1C. The summed E-state index contributed by atoms with van der Waals surface area (Å²) in [5.74, 6) is 0. The number of anilines is 5. The van der Waals surface area contributed by atoms with Gasteiger partial charge in [-0.3, -0.25) is 0 Å². The van der Waals surface area contributed by atoms with Gasteiger partial charge in [0.15, 0.2) is 0 Å². The molecule has 0 saturated heterocycles. The maximum Gasteiger partial charge on any atom is 0.0575 e. The molecule has 0 aromatic heterocycles. The highest BCUT2D eigenvalue weighted by Gasteiger charge is 2.23. The van der Waals surface area contributed by atoms with Crippen LogP contribution < -0.4 is 9.80 Å². The van der Waals surface area contributed by atoms with Gasteiger partial charge in [0.1, 0.15) is 0 Å². The number of para-hydroxylation sites is 1. The van der Waals surface area contributed by atoms with E-state index in [1.54, 1.807) is 0 Å². The minimum absolute atomic E-state index is 0.812. The predicted octanol–water partition coefficient (Wildman–Crippen LogP) is 16.4. The summed E-state index contributed by atoms with van der Waals surface area (Å²) in [6.45, 7) is 11.0. The number of aryl methyl sites for hydroxylation is 1. The second kappa shape index (κ2) is 16.8. The number of hydrogen-bond donors (Lipinski definition) is 0. The van der Waals surface area contributed by atoms with Crippen molar-refractivity contribution < 1.29 is 0 Å². The molecule has 1 aliphatic rings. The Hall–Kier alpha value is -7.42. The summed E-state index contributed by atoms with van der Waals surface area (Å²) in [6.07, 6.45) is 15.9. The monoisotopic (exact) mass is 772 g/mol. The quantitative estimate of drug-likeness (QED) is 0.142. The van der Waals surface area contributed by atoms with Gasteiger partial charge >= 0.3 is 0 Å². The molecule has 2 heteroatoms. The Morgan fingerprint density at radius 2 is 1.18 bits per heavy atom. The van der Waals surface area contributed by atoms with Crippen molar-refractivity contribution in [3.63, 3.8) is 0 Å². The average Bonchev–Trinajstić information content (AvgIpc) is 3.37. The highest BCUT2D eigenvalue weighted by molar-refractivity contribution is 6.06. The zero-order valence-corrected chi connectivity index (χ0v) is 34.5. The van der Waals surface area contributed by atoms with Crippen LogP contribution in [0.15, 0.2) is 225 Å². The molecule has 1 aliphatic heterocycles. The van der Waals surface area contributed by atoms with E-state index in [1.807, 2.05) is 0 Å². The first-order valence-electron chi connectivity index (χ1n) is 20.8. The van der Waals surface area contributed by atoms with Crippen molar-refractivity contribution in [2.24, 2.45) is 0 Å². The van der Waals surface area contributed by atoms with Crippen LogP contribution in [0.2, 0.25) is 0 Å². The number of fused-ring (bicyclic) bond motifs is 4. The molecular formula is C58H48N2. The molecule has 0 bridgehead atoms. The fourth-order valence-corrected chi connectivity index (χ4v) is 8.62. The van der Waals surface area contributed by atoms with Gasteiger partial charge in [0.2, 0.25) is 0 Å². The van der Waals surface area contributed by atoms with Crippen LogP contribution in [0.5, 0.6) is 0 Å². The van der Waals surface area contributed by atoms with Crippen molar-refractivity contribution >= 4 is 55.6 Å². The summed E-state index contributed by atoms with van der Waals surface area (Å²) in [5, 5.41) is 4.94. The maximum absolute atomic E-state index is 4.63. The van der Waals surface area contributed by atoms with Crippen molar-refractivity contribution in [2.45, 2.75) is 27.2 Å². The zero-order valence-electron chi connectivity index (χ0n) is 34.5. The molecule has 9 rings (SSSR count). The van der Waals surface area contributed by atoms with Crippen LogP contribution in [-0.2, 0) is 6.42 Å². The lowest BCUT2D eigenvalue weighted by molar-refractivity contribution is 1.16. The van der Waals surface area contributed by atoms with Crippen molar-refractivity contribution in [3.8, 4) is 22.3 Å². The first-order chi connectivity index (χ1) is 29.5. The van der Waals surface area contributed by atoms with E-state index in [1.165, 1.54) is 71.7 Å². The van der Waals surface area contributed by atoms with Gasteiger partial charge in [-0.15, -0.1) is 0 Å². The Morgan fingerprint density at radius 3 is 1.87 bits per heavy atom. The molecule has 0 spiro atoms. The van der Waals surface area contributed by atoms with Crippen LogP contribution in [0.25, 0.3) is 49.4 Å². The Kier molecular flexibility index (Phi) is 10.7. The van der Waals surface area contributed by atoms with Gasteiger partial charge in [0.05, 0.1) is 5.69 Å². The first kappa shape index (κ1) is 38.1. The molecule has 0 saturated carbocycles. The molecule has 0 unspecified atom stereocenters. The molecular weight excluding hydrogens is 725 g/mol. The Bertz CT molecular complexity index is 2980. The van der Waals surface area contributed by atoms with Crippen LogP contribution in [0.1, 0.15) is 30.5 Å². The van der Waals surface area contributed by atoms with Crippen molar-refractivity contribution in [1.82, 2.24) is 0 Å². The molecule has 0 aliphatic carbocycles. The van der Waals surface area contributed by atoms with Gasteiger partial charge in [-0.05, 0) is 155 Å². The molecule has 0 amide bonds. The summed E-state index contributed by atoms with van der Waals surface area (Å²) < 4.78 is 0. The van der Waals surface area contributed by atoms with Gasteiger partial charge in [-0.1, -0.05) is 152 Å². The number of benzene rings is 8. The largest absolute Gasteiger partial charge is 0.311 e. The summed E-state index contributed by atoms with van der Waals surface area (Å²) in [7, 11) is 0. The minimum Gasteiger partial charge on any atom is -0.311 e. The van der Waals surface area contributed by atoms with E-state index in [2.05, 4.69) is 250 Å². The Balaban J connectivity index is 1.06. The Labute approximate surface area is 354 Å². The van der Waals surface area contributed by atoms with Crippen LogP contribution in [0.3, 0.4) is 0 Å². The summed E-state index contributed by atoms with van der Waals surface area (Å²) >= 11 is 0. The van der Waals surface area contributed by atoms with Gasteiger partial charge < -0.3 is 9.80 Å². The smallest absolute Gasteiger partial charge is 0.0575 e. The molecule has 8 aromatic carbocycles. The van der Waals surface area contributed by atoms with Gasteiger partial charge in [-0.2, -0.15) is 0 Å². The topological polar surface area (TPSA) is 6.48 Å². The van der Waals surface area contributed by atoms with Crippen molar-refractivity contribution in [1.29, 1.82) is 0 Å². The lowest BCUT2D eigenvalue weighted by Gasteiger charge is -2.31. The van der Waals surface area contributed by atoms with E-state index in [0.29, 0.717) is 0 Å². The van der Waals surface area contributed by atoms with E-state index < -0.39 is 0 Å². The van der Waals surface area contributed by atoms with Gasteiger partial charge in [0.25, 0.3) is 0 Å². The van der Waals surface area contributed by atoms with Crippen LogP contribution in [0, 0.1) is 6.92 Å². The number of nitrogens with zero attached hydrogens (tertiary/aromatic N) is 2. The molecule has 290 valence electrons. The van der Waals surface area contributed by atoms with Crippen LogP contribution in [0.4, 0.5) is 28.4 Å². The summed E-state index contributed by atoms with van der Waals surface area (Å²) in [5.41, 5.74) is 16.2.